The highest BCUT2D eigenvalue weighted by Gasteiger charge is 2.40. The molecular formula is C33H32Cl2F4N6O4. The number of aryl methyl sites for hydroxylation is 2. The fraction of sp³-hybridized carbons (Fsp3) is 0.333. The monoisotopic (exact) mass is 722 g/mol. The number of halogens is 6. The first-order valence-electron chi connectivity index (χ1n) is 15.4. The molecule has 1 aliphatic heterocycles. The number of nitrogens with two attached hydrogens (primary N) is 1. The van der Waals surface area contributed by atoms with Crippen molar-refractivity contribution in [1.82, 2.24) is 19.0 Å². The molecule has 0 unspecified atom stereocenters. The standard InChI is InChI=1S/C33H32Cl2F4N6O4/c1-5-17-15-41-16-18(6-2)26(17)45-28-19(27(30(32(45)48)49-8-4)43-11-9-42(10-12-43)23(46)7-3)13-22(33(37,38)39)44(31(28)47)29-24(36)20(34)14-21(35)25(29)40/h7,13-16H,3,5-6,8-12,40H2,1-2,4H3. The van der Waals surface area contributed by atoms with Gasteiger partial charge in [-0.05, 0) is 49.1 Å². The zero-order valence-electron chi connectivity index (χ0n) is 26.8. The van der Waals surface area contributed by atoms with Crippen molar-refractivity contribution in [3.05, 3.63) is 90.6 Å². The van der Waals surface area contributed by atoms with Crippen LogP contribution in [0.4, 0.5) is 28.9 Å². The number of rotatable bonds is 8. The van der Waals surface area contributed by atoms with Crippen LogP contribution in [0.5, 0.6) is 5.75 Å². The van der Waals surface area contributed by atoms with Crippen LogP contribution < -0.4 is 26.5 Å². The number of hydrogen-bond donors (Lipinski definition) is 1. The predicted octanol–water partition coefficient (Wildman–Crippen LogP) is 5.94. The van der Waals surface area contributed by atoms with Crippen LogP contribution in [0.15, 0.2) is 46.8 Å². The normalized spacial score (nSPS) is 13.7. The third-order valence-electron chi connectivity index (χ3n) is 8.40. The maximum absolute atomic E-state index is 15.7. The Morgan fingerprint density at radius 2 is 1.57 bits per heavy atom. The number of nitrogen functional groups attached to an aromatic ring is 1. The van der Waals surface area contributed by atoms with Gasteiger partial charge in [0, 0.05) is 44.0 Å². The molecule has 1 aromatic carbocycles. The summed E-state index contributed by atoms with van der Waals surface area (Å²) in [5.41, 5.74) is 1.13. The van der Waals surface area contributed by atoms with E-state index < -0.39 is 55.7 Å². The Hall–Kier alpha value is -4.56. The lowest BCUT2D eigenvalue weighted by atomic mass is 10.0. The molecular weight excluding hydrogens is 691 g/mol. The molecule has 0 atom stereocenters. The lowest BCUT2D eigenvalue weighted by molar-refractivity contribution is -0.142. The molecule has 10 nitrogen and oxygen atoms in total. The highest BCUT2D eigenvalue weighted by atomic mass is 35.5. The SMILES string of the molecule is C=CC(=O)N1CCN(c2c(OCC)c(=O)n(-c3c(CC)cncc3CC)c3c(=O)n(-c4c(N)c(Cl)cc(Cl)c4F)c(C(F)(F)F)cc23)CC1. The summed E-state index contributed by atoms with van der Waals surface area (Å²) in [6.45, 7) is 9.06. The summed E-state index contributed by atoms with van der Waals surface area (Å²) in [5, 5.41) is -1.37. The van der Waals surface area contributed by atoms with Crippen molar-refractivity contribution in [1.29, 1.82) is 0 Å². The molecule has 0 radical (unpaired) electrons. The Labute approximate surface area is 287 Å². The average Bonchev–Trinajstić information content (AvgIpc) is 3.08. The molecule has 0 bridgehead atoms. The summed E-state index contributed by atoms with van der Waals surface area (Å²) in [5.74, 6) is -2.07. The van der Waals surface area contributed by atoms with Gasteiger partial charge in [0.25, 0.3) is 11.1 Å². The van der Waals surface area contributed by atoms with Crippen molar-refractivity contribution in [2.24, 2.45) is 0 Å². The molecule has 2 N–H and O–H groups in total. The molecule has 49 heavy (non-hydrogen) atoms. The Morgan fingerprint density at radius 3 is 2.10 bits per heavy atom. The Balaban J connectivity index is 2.06. The van der Waals surface area contributed by atoms with E-state index in [2.05, 4.69) is 11.6 Å². The number of piperazine rings is 1. The highest BCUT2D eigenvalue weighted by Crippen LogP contribution is 2.42. The van der Waals surface area contributed by atoms with E-state index >= 15 is 17.6 Å². The molecule has 1 saturated heterocycles. The van der Waals surface area contributed by atoms with Crippen molar-refractivity contribution in [3.63, 3.8) is 0 Å². The number of carbonyl (C=O) groups excluding carboxylic acids is 1. The van der Waals surface area contributed by atoms with Crippen LogP contribution in [0.2, 0.25) is 10.0 Å². The third-order valence-corrected chi connectivity index (χ3v) is 8.98. The van der Waals surface area contributed by atoms with Crippen LogP contribution in [0, 0.1) is 5.82 Å². The summed E-state index contributed by atoms with van der Waals surface area (Å²) in [6.07, 6.45) is -0.471. The second-order valence-corrected chi connectivity index (χ2v) is 11.9. The molecule has 0 spiro atoms. The molecule has 3 aromatic heterocycles. The molecule has 0 saturated carbocycles. The van der Waals surface area contributed by atoms with Crippen LogP contribution in [-0.4, -0.2) is 57.7 Å². The number of ether oxygens (including phenoxy) is 1. The van der Waals surface area contributed by atoms with Crippen molar-refractivity contribution < 1.29 is 27.1 Å². The minimum absolute atomic E-state index is 0.0494. The van der Waals surface area contributed by atoms with Crippen molar-refractivity contribution in [2.45, 2.75) is 39.8 Å². The lowest BCUT2D eigenvalue weighted by Crippen LogP contribution is -2.49. The van der Waals surface area contributed by atoms with Crippen LogP contribution >= 0.6 is 23.2 Å². The number of nitrogens with zero attached hydrogens (tertiary/aromatic N) is 5. The van der Waals surface area contributed by atoms with E-state index in [0.717, 1.165) is 16.7 Å². The van der Waals surface area contributed by atoms with E-state index in [9.17, 15) is 14.4 Å². The van der Waals surface area contributed by atoms with E-state index in [1.54, 1.807) is 25.7 Å². The lowest BCUT2D eigenvalue weighted by Gasteiger charge is -2.37. The fourth-order valence-electron chi connectivity index (χ4n) is 6.10. The topological polar surface area (TPSA) is 116 Å². The third kappa shape index (κ3) is 6.12. The zero-order chi connectivity index (χ0) is 35.9. The predicted molar refractivity (Wildman–Crippen MR) is 181 cm³/mol. The molecule has 5 rings (SSSR count). The van der Waals surface area contributed by atoms with Gasteiger partial charge < -0.3 is 20.3 Å². The molecule has 0 aliphatic carbocycles. The smallest absolute Gasteiger partial charge is 0.431 e. The van der Waals surface area contributed by atoms with Gasteiger partial charge in [-0.2, -0.15) is 13.2 Å². The van der Waals surface area contributed by atoms with Gasteiger partial charge in [-0.3, -0.25) is 28.5 Å². The van der Waals surface area contributed by atoms with E-state index in [0.29, 0.717) is 30.0 Å². The van der Waals surface area contributed by atoms with Gasteiger partial charge in [-0.25, -0.2) is 4.39 Å². The number of pyridine rings is 3. The maximum Gasteiger partial charge on any atom is 0.431 e. The molecule has 1 amide bonds. The largest absolute Gasteiger partial charge is 0.487 e. The van der Waals surface area contributed by atoms with Gasteiger partial charge in [0.2, 0.25) is 11.7 Å². The first-order chi connectivity index (χ1) is 23.2. The van der Waals surface area contributed by atoms with Gasteiger partial charge >= 0.3 is 6.18 Å². The molecule has 260 valence electrons. The number of anilines is 2. The van der Waals surface area contributed by atoms with Gasteiger partial charge in [-0.15, -0.1) is 0 Å². The molecule has 1 fully saturated rings. The van der Waals surface area contributed by atoms with Crippen molar-refractivity contribution in [3.8, 4) is 17.1 Å². The molecule has 4 aromatic rings. The fourth-order valence-corrected chi connectivity index (χ4v) is 6.55. The summed E-state index contributed by atoms with van der Waals surface area (Å²) in [7, 11) is 0. The summed E-state index contributed by atoms with van der Waals surface area (Å²) >= 11 is 12.1. The van der Waals surface area contributed by atoms with Crippen molar-refractivity contribution >= 4 is 51.4 Å². The maximum atomic E-state index is 15.7. The van der Waals surface area contributed by atoms with Crippen LogP contribution in [0.1, 0.15) is 37.6 Å². The van der Waals surface area contributed by atoms with E-state index in [-0.39, 0.29) is 65.8 Å². The number of aromatic nitrogens is 3. The van der Waals surface area contributed by atoms with Gasteiger partial charge in [-0.1, -0.05) is 43.6 Å². The van der Waals surface area contributed by atoms with Crippen LogP contribution in [0.25, 0.3) is 22.3 Å². The first-order valence-corrected chi connectivity index (χ1v) is 16.1. The molecule has 1 aliphatic rings. The molecule has 4 heterocycles. The van der Waals surface area contributed by atoms with Gasteiger partial charge in [0.1, 0.15) is 16.9 Å². The number of alkyl halides is 3. The second kappa shape index (κ2) is 13.7. The van der Waals surface area contributed by atoms with Gasteiger partial charge in [0.05, 0.1) is 33.7 Å². The van der Waals surface area contributed by atoms with E-state index in [4.69, 9.17) is 33.7 Å². The Morgan fingerprint density at radius 1 is 0.959 bits per heavy atom. The van der Waals surface area contributed by atoms with Crippen LogP contribution in [-0.2, 0) is 23.8 Å². The highest BCUT2D eigenvalue weighted by molar-refractivity contribution is 6.37. The summed E-state index contributed by atoms with van der Waals surface area (Å²) < 4.78 is 68.0. The zero-order valence-corrected chi connectivity index (χ0v) is 28.3. The Bertz CT molecular complexity index is 2060. The van der Waals surface area contributed by atoms with E-state index in [1.165, 1.54) is 17.3 Å². The average molecular weight is 724 g/mol. The minimum atomic E-state index is -5.26. The number of amides is 1. The van der Waals surface area contributed by atoms with Crippen molar-refractivity contribution in [2.75, 3.05) is 43.4 Å². The Kier molecular flexibility index (Phi) is 10.0. The summed E-state index contributed by atoms with van der Waals surface area (Å²) in [6, 6.07) is 1.58. The molecule has 16 heteroatoms. The number of hydrogen-bond acceptors (Lipinski definition) is 7. The van der Waals surface area contributed by atoms with Crippen LogP contribution in [0.3, 0.4) is 0 Å². The number of benzene rings is 1. The second-order valence-electron chi connectivity index (χ2n) is 11.1. The first kappa shape index (κ1) is 35.7. The van der Waals surface area contributed by atoms with E-state index in [1.807, 2.05) is 0 Å². The number of carbonyl (C=O) groups is 1. The quantitative estimate of drug-likeness (QED) is 0.104. The minimum Gasteiger partial charge on any atom is -0.487 e. The van der Waals surface area contributed by atoms with Gasteiger partial charge in [0.15, 0.2) is 5.82 Å². The number of fused-ring (bicyclic) bond motifs is 1. The summed E-state index contributed by atoms with van der Waals surface area (Å²) in [4.78, 5) is 49.2.